The molecular weight excluding hydrogens is 123 g/mol. The second-order valence-corrected chi connectivity index (χ2v) is 0.776. The minimum atomic E-state index is -0.329. The number of halogens is 1. The van der Waals surface area contributed by atoms with E-state index < -0.39 is 0 Å². The largest absolute Gasteiger partial charge is 0.435 e. The van der Waals surface area contributed by atoms with Crippen LogP contribution in [0.1, 0.15) is 6.92 Å². The maximum absolute atomic E-state index is 9.75. The zero-order valence-electron chi connectivity index (χ0n) is 5.42. The lowest BCUT2D eigenvalue weighted by molar-refractivity contribution is -0.135. The minimum absolute atomic E-state index is 0. The second-order valence-electron chi connectivity index (χ2n) is 0.776. The highest BCUT2D eigenvalue weighted by molar-refractivity contribution is 5.66. The van der Waals surface area contributed by atoms with E-state index in [9.17, 15) is 4.79 Å². The fourth-order valence-corrected chi connectivity index (χ4v) is 0.117. The van der Waals surface area contributed by atoms with Crippen molar-refractivity contribution >= 4 is 5.97 Å². The number of carbonyl (C=O) groups is 1. The molecule has 2 nitrogen and oxygen atoms in total. The molecule has 0 rings (SSSR count). The zero-order valence-corrected chi connectivity index (χ0v) is 5.42. The highest BCUT2D eigenvalue weighted by Gasteiger charge is 1.79. The van der Waals surface area contributed by atoms with Crippen molar-refractivity contribution in [1.29, 1.82) is 0 Å². The third-order valence-electron chi connectivity index (χ3n) is 0.249. The van der Waals surface area contributed by atoms with E-state index in [2.05, 4.69) is 24.5 Å². The Bertz CT molecular complexity index is 81.1. The Morgan fingerprint density at radius 2 is 1.89 bits per heavy atom. The van der Waals surface area contributed by atoms with Crippen LogP contribution in [-0.2, 0) is 9.53 Å². The fourth-order valence-electron chi connectivity index (χ4n) is 0.117. The van der Waals surface area contributed by atoms with E-state index >= 15 is 0 Å². The Balaban J connectivity index is -0.000000109. The van der Waals surface area contributed by atoms with Gasteiger partial charge in [-0.3, -0.25) is 9.50 Å². The molecule has 0 heterocycles. The van der Waals surface area contributed by atoms with E-state index in [4.69, 9.17) is 0 Å². The monoisotopic (exact) mass is 134 g/mol. The van der Waals surface area contributed by atoms with Gasteiger partial charge in [-0.15, -0.1) is 13.2 Å². The first-order valence-electron chi connectivity index (χ1n) is 2.05. The van der Waals surface area contributed by atoms with Gasteiger partial charge in [0.15, 0.2) is 0 Å². The molecule has 0 aromatic carbocycles. The molecule has 0 N–H and O–H groups in total. The van der Waals surface area contributed by atoms with Gasteiger partial charge in [-0.25, -0.2) is 0 Å². The van der Waals surface area contributed by atoms with Crippen LogP contribution in [0.25, 0.3) is 0 Å². The van der Waals surface area contributed by atoms with E-state index in [0.29, 0.717) is 0 Å². The van der Waals surface area contributed by atoms with Crippen molar-refractivity contribution in [3.8, 4) is 0 Å². The van der Waals surface area contributed by atoms with Crippen molar-refractivity contribution in [2.75, 3.05) is 0 Å². The maximum Gasteiger partial charge on any atom is 0.307 e. The molecule has 0 aromatic heterocycles. The van der Waals surface area contributed by atoms with Crippen molar-refractivity contribution in [3.63, 3.8) is 0 Å². The SMILES string of the molecule is C=C.C=COC(C)=O.F. The predicted molar refractivity (Wildman–Crippen MR) is 35.7 cm³/mol. The van der Waals surface area contributed by atoms with E-state index in [1.807, 2.05) is 0 Å². The van der Waals surface area contributed by atoms with Gasteiger partial charge in [0.25, 0.3) is 0 Å². The average Bonchev–Trinajstić information content (AvgIpc) is 1.72. The molecule has 0 aliphatic carbocycles. The molecule has 0 atom stereocenters. The molecule has 9 heavy (non-hydrogen) atoms. The number of rotatable bonds is 1. The van der Waals surface area contributed by atoms with Crippen molar-refractivity contribution in [3.05, 3.63) is 26.0 Å². The van der Waals surface area contributed by atoms with E-state index in [1.165, 1.54) is 6.92 Å². The predicted octanol–water partition coefficient (Wildman–Crippen LogP) is 1.65. The van der Waals surface area contributed by atoms with Crippen LogP contribution in [0.3, 0.4) is 0 Å². The first-order chi connectivity index (χ1) is 3.77. The van der Waals surface area contributed by atoms with Crippen molar-refractivity contribution in [2.24, 2.45) is 0 Å². The van der Waals surface area contributed by atoms with Gasteiger partial charge >= 0.3 is 5.97 Å². The van der Waals surface area contributed by atoms with Gasteiger partial charge in [0, 0.05) is 6.92 Å². The van der Waals surface area contributed by atoms with Crippen LogP contribution in [0.5, 0.6) is 0 Å². The summed E-state index contributed by atoms with van der Waals surface area (Å²) in [4.78, 5) is 9.75. The number of ether oxygens (including phenoxy) is 1. The highest BCUT2D eigenvalue weighted by atomic mass is 19.0. The molecule has 3 heteroatoms. The van der Waals surface area contributed by atoms with Crippen molar-refractivity contribution in [2.45, 2.75) is 6.92 Å². The second kappa shape index (κ2) is 15.8. The van der Waals surface area contributed by atoms with Crippen LogP contribution in [0.15, 0.2) is 26.0 Å². The van der Waals surface area contributed by atoms with Crippen LogP contribution in [0.4, 0.5) is 4.70 Å². The van der Waals surface area contributed by atoms with Gasteiger partial charge in [-0.05, 0) is 0 Å². The number of hydrogen-bond acceptors (Lipinski definition) is 2. The lowest BCUT2D eigenvalue weighted by Gasteiger charge is -1.83. The molecule has 0 bridgehead atoms. The van der Waals surface area contributed by atoms with Crippen LogP contribution < -0.4 is 0 Å². The first-order valence-corrected chi connectivity index (χ1v) is 2.05. The molecule has 0 radical (unpaired) electrons. The summed E-state index contributed by atoms with van der Waals surface area (Å²) in [6.45, 7) is 10.5. The summed E-state index contributed by atoms with van der Waals surface area (Å²) in [5.41, 5.74) is 0. The molecule has 0 spiro atoms. The standard InChI is InChI=1S/C4H6O2.C2H4.FH/c1-3-6-4(2)5;1-2;/h3H,1H2,2H3;1-2H2;1H. The summed E-state index contributed by atoms with van der Waals surface area (Å²) in [5.74, 6) is -0.329. The Morgan fingerprint density at radius 1 is 1.56 bits per heavy atom. The van der Waals surface area contributed by atoms with E-state index in [1.54, 1.807) is 0 Å². The van der Waals surface area contributed by atoms with Gasteiger partial charge in [0.2, 0.25) is 0 Å². The Morgan fingerprint density at radius 3 is 1.89 bits per heavy atom. The van der Waals surface area contributed by atoms with Crippen molar-refractivity contribution in [1.82, 2.24) is 0 Å². The summed E-state index contributed by atoms with van der Waals surface area (Å²) in [6, 6.07) is 0. The minimum Gasteiger partial charge on any atom is -0.435 e. The third kappa shape index (κ3) is 46.4. The van der Waals surface area contributed by atoms with Gasteiger partial charge in [0.1, 0.15) is 0 Å². The molecule has 0 aliphatic heterocycles. The molecule has 0 aliphatic rings. The van der Waals surface area contributed by atoms with Crippen LogP contribution in [0, 0.1) is 0 Å². The van der Waals surface area contributed by atoms with Crippen molar-refractivity contribution < 1.29 is 14.2 Å². The van der Waals surface area contributed by atoms with Crippen LogP contribution in [0.2, 0.25) is 0 Å². The Kier molecular flexibility index (Phi) is 27.5. The summed E-state index contributed by atoms with van der Waals surface area (Å²) in [5, 5.41) is 0. The topological polar surface area (TPSA) is 26.3 Å². The van der Waals surface area contributed by atoms with Gasteiger partial charge in [0.05, 0.1) is 6.26 Å². The fraction of sp³-hybridized carbons (Fsp3) is 0.167. The Labute approximate surface area is 54.2 Å². The number of esters is 1. The van der Waals surface area contributed by atoms with Crippen LogP contribution in [-0.4, -0.2) is 5.97 Å². The lowest BCUT2D eigenvalue weighted by Crippen LogP contribution is -1.87. The van der Waals surface area contributed by atoms with Gasteiger partial charge < -0.3 is 4.74 Å². The summed E-state index contributed by atoms with van der Waals surface area (Å²) in [7, 11) is 0. The smallest absolute Gasteiger partial charge is 0.307 e. The molecule has 54 valence electrons. The quantitative estimate of drug-likeness (QED) is 0.309. The van der Waals surface area contributed by atoms with E-state index in [-0.39, 0.29) is 10.7 Å². The molecule has 0 amide bonds. The lowest BCUT2D eigenvalue weighted by atomic mass is 10.8. The van der Waals surface area contributed by atoms with Crippen LogP contribution >= 0.6 is 0 Å². The summed E-state index contributed by atoms with van der Waals surface area (Å²) in [6.07, 6.45) is 1.10. The molecule has 0 unspecified atom stereocenters. The highest BCUT2D eigenvalue weighted by Crippen LogP contribution is 1.70. The third-order valence-corrected chi connectivity index (χ3v) is 0.249. The number of hydrogen-bond donors (Lipinski definition) is 0. The van der Waals surface area contributed by atoms with E-state index in [0.717, 1.165) is 6.26 Å². The molecular formula is C6H11FO2. The molecule has 0 saturated carbocycles. The summed E-state index contributed by atoms with van der Waals surface area (Å²) >= 11 is 0. The maximum atomic E-state index is 9.75. The average molecular weight is 134 g/mol. The molecule has 0 saturated heterocycles. The summed E-state index contributed by atoms with van der Waals surface area (Å²) < 4.78 is 4.17. The van der Waals surface area contributed by atoms with Gasteiger partial charge in [-0.2, -0.15) is 0 Å². The zero-order chi connectivity index (χ0) is 6.99. The molecule has 0 fully saturated rings. The number of carbonyl (C=O) groups excluding carboxylic acids is 1. The van der Waals surface area contributed by atoms with Gasteiger partial charge in [-0.1, -0.05) is 6.58 Å². The first kappa shape index (κ1) is 15.7. The normalized spacial score (nSPS) is 5.00. The Hall–Kier alpha value is -1.12. The molecule has 0 aromatic rings.